The lowest BCUT2D eigenvalue weighted by Crippen LogP contribution is -2.13. The lowest BCUT2D eigenvalue weighted by atomic mass is 10.0. The summed E-state index contributed by atoms with van der Waals surface area (Å²) in [6, 6.07) is 16.6. The Morgan fingerprint density at radius 2 is 2.00 bits per heavy atom. The van der Waals surface area contributed by atoms with Gasteiger partial charge in [-0.3, -0.25) is 4.79 Å². The second kappa shape index (κ2) is 7.81. The van der Waals surface area contributed by atoms with Crippen LogP contribution >= 0.6 is 0 Å². The Bertz CT molecular complexity index is 759. The van der Waals surface area contributed by atoms with E-state index in [1.165, 1.54) is 0 Å². The van der Waals surface area contributed by atoms with Gasteiger partial charge in [0.05, 0.1) is 7.11 Å². The van der Waals surface area contributed by atoms with Gasteiger partial charge in [0.25, 0.3) is 5.91 Å². The van der Waals surface area contributed by atoms with Gasteiger partial charge < -0.3 is 10.1 Å². The number of benzene rings is 2. The van der Waals surface area contributed by atoms with Crippen LogP contribution in [0, 0.1) is 11.3 Å². The fourth-order valence-corrected chi connectivity index (χ4v) is 2.20. The van der Waals surface area contributed by atoms with E-state index in [1.807, 2.05) is 49.4 Å². The lowest BCUT2D eigenvalue weighted by Gasteiger charge is -2.08. The molecule has 0 aliphatic heterocycles. The third-order valence-electron chi connectivity index (χ3n) is 3.39. The fraction of sp³-hybridized carbons (Fsp3) is 0.158. The number of aryl methyl sites for hydroxylation is 1. The Kier molecular flexibility index (Phi) is 5.54. The summed E-state index contributed by atoms with van der Waals surface area (Å²) >= 11 is 0. The molecule has 1 amide bonds. The molecule has 2 rings (SSSR count). The first-order valence-electron chi connectivity index (χ1n) is 7.33. The van der Waals surface area contributed by atoms with Crippen LogP contribution in [0.1, 0.15) is 18.1 Å². The molecule has 0 aromatic heterocycles. The van der Waals surface area contributed by atoms with E-state index in [2.05, 4.69) is 5.32 Å². The van der Waals surface area contributed by atoms with Gasteiger partial charge in [0.1, 0.15) is 17.4 Å². The number of methoxy groups -OCH3 is 1. The van der Waals surface area contributed by atoms with Crippen LogP contribution in [0.5, 0.6) is 5.75 Å². The number of nitrogens with one attached hydrogen (secondary N) is 1. The van der Waals surface area contributed by atoms with Crippen molar-refractivity contribution < 1.29 is 9.53 Å². The van der Waals surface area contributed by atoms with Crippen molar-refractivity contribution in [1.29, 1.82) is 5.26 Å². The molecule has 0 heterocycles. The van der Waals surface area contributed by atoms with Crippen molar-refractivity contribution in [1.82, 2.24) is 0 Å². The summed E-state index contributed by atoms with van der Waals surface area (Å²) in [6.07, 6.45) is 2.39. The van der Waals surface area contributed by atoms with Crippen molar-refractivity contribution in [3.8, 4) is 11.8 Å². The third kappa shape index (κ3) is 4.21. The minimum Gasteiger partial charge on any atom is -0.496 e. The number of hydrogen-bond acceptors (Lipinski definition) is 3. The number of carbonyl (C=O) groups is 1. The monoisotopic (exact) mass is 306 g/mol. The Morgan fingerprint density at radius 3 is 2.61 bits per heavy atom. The molecule has 0 bridgehead atoms. The van der Waals surface area contributed by atoms with E-state index < -0.39 is 5.91 Å². The number of hydrogen-bond donors (Lipinski definition) is 1. The van der Waals surface area contributed by atoms with E-state index in [0.29, 0.717) is 5.69 Å². The van der Waals surface area contributed by atoms with Gasteiger partial charge in [-0.2, -0.15) is 5.26 Å². The zero-order valence-corrected chi connectivity index (χ0v) is 13.2. The van der Waals surface area contributed by atoms with Gasteiger partial charge >= 0.3 is 0 Å². The summed E-state index contributed by atoms with van der Waals surface area (Å²) in [4.78, 5) is 12.2. The third-order valence-corrected chi connectivity index (χ3v) is 3.39. The first-order valence-corrected chi connectivity index (χ1v) is 7.33. The number of nitrogens with zero attached hydrogens (tertiary/aromatic N) is 1. The van der Waals surface area contributed by atoms with Crippen LogP contribution < -0.4 is 10.1 Å². The van der Waals surface area contributed by atoms with E-state index >= 15 is 0 Å². The summed E-state index contributed by atoms with van der Waals surface area (Å²) in [5, 5.41) is 12.0. The van der Waals surface area contributed by atoms with Crippen molar-refractivity contribution in [2.24, 2.45) is 0 Å². The zero-order chi connectivity index (χ0) is 16.7. The minimum atomic E-state index is -0.424. The van der Waals surface area contributed by atoms with E-state index in [9.17, 15) is 10.1 Å². The number of amides is 1. The van der Waals surface area contributed by atoms with Gasteiger partial charge in [-0.15, -0.1) is 0 Å². The smallest absolute Gasteiger partial charge is 0.266 e. The molecule has 23 heavy (non-hydrogen) atoms. The van der Waals surface area contributed by atoms with Crippen molar-refractivity contribution in [2.45, 2.75) is 13.3 Å². The van der Waals surface area contributed by atoms with Crippen molar-refractivity contribution >= 4 is 17.7 Å². The number of nitriles is 1. The first-order chi connectivity index (χ1) is 11.2. The van der Waals surface area contributed by atoms with Crippen LogP contribution in [0.2, 0.25) is 0 Å². The number of rotatable bonds is 5. The SMILES string of the molecule is CCc1cc(/C=C(\C#N)C(=O)Nc2ccccc2)ccc1OC. The van der Waals surface area contributed by atoms with Crippen LogP contribution in [-0.4, -0.2) is 13.0 Å². The lowest BCUT2D eigenvalue weighted by molar-refractivity contribution is -0.112. The van der Waals surface area contributed by atoms with Gasteiger partial charge in [0.15, 0.2) is 0 Å². The van der Waals surface area contributed by atoms with Crippen molar-refractivity contribution in [3.63, 3.8) is 0 Å². The topological polar surface area (TPSA) is 62.1 Å². The Labute approximate surface area is 136 Å². The summed E-state index contributed by atoms with van der Waals surface area (Å²) in [5.74, 6) is 0.379. The first kappa shape index (κ1) is 16.3. The highest BCUT2D eigenvalue weighted by molar-refractivity contribution is 6.09. The maximum absolute atomic E-state index is 12.2. The molecule has 0 saturated carbocycles. The number of anilines is 1. The molecule has 0 unspecified atom stereocenters. The average Bonchev–Trinajstić information content (AvgIpc) is 2.60. The predicted octanol–water partition coefficient (Wildman–Crippen LogP) is 3.80. The normalized spacial score (nSPS) is 10.7. The molecule has 116 valence electrons. The standard InChI is InChI=1S/C19H18N2O2/c1-3-15-11-14(9-10-18(15)23-2)12-16(13-20)19(22)21-17-7-5-4-6-8-17/h4-12H,3H2,1-2H3,(H,21,22)/b16-12+. The van der Waals surface area contributed by atoms with E-state index in [0.717, 1.165) is 23.3 Å². The quantitative estimate of drug-likeness (QED) is 0.675. The van der Waals surface area contributed by atoms with E-state index in [1.54, 1.807) is 25.3 Å². The largest absolute Gasteiger partial charge is 0.496 e. The Morgan fingerprint density at radius 1 is 1.26 bits per heavy atom. The molecule has 0 spiro atoms. The van der Waals surface area contributed by atoms with Gasteiger partial charge in [0, 0.05) is 5.69 Å². The summed E-state index contributed by atoms with van der Waals surface area (Å²) in [6.45, 7) is 2.03. The van der Waals surface area contributed by atoms with Crippen LogP contribution in [0.25, 0.3) is 6.08 Å². The Hall–Kier alpha value is -3.06. The maximum atomic E-state index is 12.2. The highest BCUT2D eigenvalue weighted by Gasteiger charge is 2.10. The summed E-state index contributed by atoms with van der Waals surface area (Å²) < 4.78 is 5.28. The molecule has 0 radical (unpaired) electrons. The predicted molar refractivity (Wildman–Crippen MR) is 91.0 cm³/mol. The summed E-state index contributed by atoms with van der Waals surface area (Å²) in [5.41, 5.74) is 2.54. The van der Waals surface area contributed by atoms with Crippen molar-refractivity contribution in [3.05, 3.63) is 65.2 Å². The molecule has 0 aliphatic rings. The second-order valence-corrected chi connectivity index (χ2v) is 4.91. The molecule has 2 aromatic carbocycles. The molecule has 2 aromatic rings. The molecule has 0 aliphatic carbocycles. The zero-order valence-electron chi connectivity index (χ0n) is 13.2. The van der Waals surface area contributed by atoms with Crippen LogP contribution in [-0.2, 0) is 11.2 Å². The number of para-hydroxylation sites is 1. The van der Waals surface area contributed by atoms with Gasteiger partial charge in [-0.1, -0.05) is 31.2 Å². The van der Waals surface area contributed by atoms with Crippen LogP contribution in [0.15, 0.2) is 54.1 Å². The molecule has 0 saturated heterocycles. The maximum Gasteiger partial charge on any atom is 0.266 e. The second-order valence-electron chi connectivity index (χ2n) is 4.91. The van der Waals surface area contributed by atoms with E-state index in [-0.39, 0.29) is 5.57 Å². The van der Waals surface area contributed by atoms with Crippen LogP contribution in [0.3, 0.4) is 0 Å². The van der Waals surface area contributed by atoms with Crippen molar-refractivity contribution in [2.75, 3.05) is 12.4 Å². The van der Waals surface area contributed by atoms with Crippen LogP contribution in [0.4, 0.5) is 5.69 Å². The fourth-order valence-electron chi connectivity index (χ4n) is 2.20. The average molecular weight is 306 g/mol. The molecule has 4 nitrogen and oxygen atoms in total. The molecule has 4 heteroatoms. The Balaban J connectivity index is 2.25. The van der Waals surface area contributed by atoms with E-state index in [4.69, 9.17) is 4.74 Å². The molecule has 0 fully saturated rings. The summed E-state index contributed by atoms with van der Waals surface area (Å²) in [7, 11) is 1.62. The van der Waals surface area contributed by atoms with Gasteiger partial charge in [-0.25, -0.2) is 0 Å². The molecule has 0 atom stereocenters. The van der Waals surface area contributed by atoms with Gasteiger partial charge in [-0.05, 0) is 47.9 Å². The molecular weight excluding hydrogens is 288 g/mol. The molecular formula is C19H18N2O2. The number of ether oxygens (including phenoxy) is 1. The number of carbonyl (C=O) groups excluding carboxylic acids is 1. The highest BCUT2D eigenvalue weighted by Crippen LogP contribution is 2.22. The van der Waals surface area contributed by atoms with Gasteiger partial charge in [0.2, 0.25) is 0 Å². The molecule has 1 N–H and O–H groups in total. The minimum absolute atomic E-state index is 0.0565. The highest BCUT2D eigenvalue weighted by atomic mass is 16.5.